The maximum Gasteiger partial charge on any atom is 0.162 e. The van der Waals surface area contributed by atoms with Crippen molar-refractivity contribution in [1.29, 1.82) is 5.26 Å². The molecule has 5 rings (SSSR count). The van der Waals surface area contributed by atoms with Crippen LogP contribution in [0.3, 0.4) is 0 Å². The summed E-state index contributed by atoms with van der Waals surface area (Å²) < 4.78 is 13.8. The smallest absolute Gasteiger partial charge is 0.162 e. The number of ketones is 1. The van der Waals surface area contributed by atoms with Crippen LogP contribution >= 0.6 is 11.8 Å². The zero-order valence-corrected chi connectivity index (χ0v) is 24.5. The van der Waals surface area contributed by atoms with Gasteiger partial charge in [0, 0.05) is 34.0 Å². The zero-order chi connectivity index (χ0) is 28.8. The predicted octanol–water partition coefficient (Wildman–Crippen LogP) is 7.98. The number of thioether (sulfide) groups is 1. The topological polar surface area (TPSA) is 70.1 Å². The fourth-order valence-electron chi connectivity index (χ4n) is 5.96. The minimum absolute atomic E-state index is 0.0272. The third-order valence-corrected chi connectivity index (χ3v) is 9.20. The van der Waals surface area contributed by atoms with Crippen molar-refractivity contribution in [2.45, 2.75) is 64.0 Å². The Morgan fingerprint density at radius 3 is 2.40 bits per heavy atom. The Labute approximate surface area is 240 Å². The number of Topliss-reactive ketones (excluding diaryl/α,β-unsaturated/α-hetero) is 1. The van der Waals surface area contributed by atoms with E-state index in [-0.39, 0.29) is 17.0 Å². The number of nitrogens with two attached hydrogens (primary N) is 1. The first-order valence-corrected chi connectivity index (χ1v) is 14.5. The van der Waals surface area contributed by atoms with Crippen molar-refractivity contribution in [3.05, 3.63) is 117 Å². The van der Waals surface area contributed by atoms with Crippen LogP contribution in [0, 0.1) is 43.3 Å². The van der Waals surface area contributed by atoms with E-state index in [2.05, 4.69) is 64.1 Å². The molecule has 0 amide bonds. The van der Waals surface area contributed by atoms with E-state index in [0.717, 1.165) is 28.1 Å². The lowest BCUT2D eigenvalue weighted by atomic mass is 9.68. The van der Waals surface area contributed by atoms with E-state index in [1.807, 2.05) is 13.0 Å². The normalized spacial score (nSPS) is 18.6. The summed E-state index contributed by atoms with van der Waals surface area (Å²) in [6.45, 7) is 10.4. The van der Waals surface area contributed by atoms with Gasteiger partial charge in [0.05, 0.1) is 17.6 Å². The molecule has 6 heteroatoms. The number of carbonyl (C=O) groups is 1. The molecule has 0 fully saturated rings. The first kappa shape index (κ1) is 27.7. The SMILES string of the molecule is Cc1cc(C)c(C2C(C#N)=C(N)N(c3ccc(F)cc3)C3=C2C(=O)CC(C)(C)C3)cc1CSc1ccccc1C. The van der Waals surface area contributed by atoms with E-state index in [4.69, 9.17) is 5.73 Å². The van der Waals surface area contributed by atoms with E-state index >= 15 is 0 Å². The molecular formula is C34H34FN3OS. The molecule has 2 aliphatic rings. The van der Waals surface area contributed by atoms with Crippen molar-refractivity contribution in [2.75, 3.05) is 4.90 Å². The molecular weight excluding hydrogens is 517 g/mol. The van der Waals surface area contributed by atoms with Crippen molar-refractivity contribution in [3.63, 3.8) is 0 Å². The summed E-state index contributed by atoms with van der Waals surface area (Å²) in [5.74, 6) is 0.177. The number of anilines is 1. The van der Waals surface area contributed by atoms with Gasteiger partial charge in [0.2, 0.25) is 0 Å². The number of aryl methyl sites for hydroxylation is 3. The van der Waals surface area contributed by atoms with Crippen LogP contribution in [0.4, 0.5) is 10.1 Å². The van der Waals surface area contributed by atoms with E-state index < -0.39 is 5.92 Å². The van der Waals surface area contributed by atoms with E-state index in [1.54, 1.807) is 28.8 Å². The van der Waals surface area contributed by atoms with E-state index in [9.17, 15) is 14.4 Å². The first-order chi connectivity index (χ1) is 19.0. The minimum atomic E-state index is -0.553. The van der Waals surface area contributed by atoms with E-state index in [1.165, 1.54) is 28.2 Å². The third kappa shape index (κ3) is 5.07. The summed E-state index contributed by atoms with van der Waals surface area (Å²) in [5, 5.41) is 10.5. The first-order valence-electron chi connectivity index (χ1n) is 13.5. The van der Waals surface area contributed by atoms with Crippen LogP contribution in [0.15, 0.2) is 88.2 Å². The molecule has 1 aliphatic carbocycles. The monoisotopic (exact) mass is 551 g/mol. The predicted molar refractivity (Wildman–Crippen MR) is 160 cm³/mol. The quantitative estimate of drug-likeness (QED) is 0.326. The van der Waals surface area contributed by atoms with Crippen LogP contribution in [0.25, 0.3) is 0 Å². The molecule has 1 aliphatic heterocycles. The van der Waals surface area contributed by atoms with Gasteiger partial charge in [-0.3, -0.25) is 9.69 Å². The number of carbonyl (C=O) groups excluding carboxylic acids is 1. The lowest BCUT2D eigenvalue weighted by Gasteiger charge is -2.44. The number of halogens is 1. The molecule has 3 aromatic carbocycles. The third-order valence-electron chi connectivity index (χ3n) is 7.98. The molecule has 1 atom stereocenters. The number of allylic oxidation sites excluding steroid dienone is 3. The molecule has 1 unspecified atom stereocenters. The van der Waals surface area contributed by atoms with Crippen LogP contribution in [-0.4, -0.2) is 5.78 Å². The molecule has 0 bridgehead atoms. The number of benzene rings is 3. The molecule has 1 heterocycles. The summed E-state index contributed by atoms with van der Waals surface area (Å²) in [4.78, 5) is 16.9. The molecule has 0 saturated heterocycles. The summed E-state index contributed by atoms with van der Waals surface area (Å²) in [6, 6.07) is 21.1. The van der Waals surface area contributed by atoms with Gasteiger partial charge in [-0.25, -0.2) is 4.39 Å². The highest BCUT2D eigenvalue weighted by atomic mass is 32.2. The molecule has 2 N–H and O–H groups in total. The molecule has 40 heavy (non-hydrogen) atoms. The van der Waals surface area contributed by atoms with Crippen molar-refractivity contribution in [2.24, 2.45) is 11.1 Å². The highest BCUT2D eigenvalue weighted by Gasteiger charge is 2.45. The van der Waals surface area contributed by atoms with Crippen LogP contribution in [0.1, 0.15) is 60.4 Å². The van der Waals surface area contributed by atoms with Gasteiger partial charge in [-0.2, -0.15) is 5.26 Å². The average Bonchev–Trinajstić information content (AvgIpc) is 2.89. The van der Waals surface area contributed by atoms with Gasteiger partial charge < -0.3 is 5.73 Å². The van der Waals surface area contributed by atoms with E-state index in [0.29, 0.717) is 35.5 Å². The Hall–Kier alpha value is -3.82. The van der Waals surface area contributed by atoms with Crippen molar-refractivity contribution >= 4 is 23.2 Å². The second-order valence-corrected chi connectivity index (χ2v) is 12.7. The Balaban J connectivity index is 1.66. The zero-order valence-electron chi connectivity index (χ0n) is 23.6. The molecule has 0 spiro atoms. The maximum atomic E-state index is 13.9. The lowest BCUT2D eigenvalue weighted by Crippen LogP contribution is -2.42. The van der Waals surface area contributed by atoms with Gasteiger partial charge in [-0.05, 0) is 90.8 Å². The summed E-state index contributed by atoms with van der Waals surface area (Å²) >= 11 is 1.78. The number of rotatable bonds is 5. The van der Waals surface area contributed by atoms with Gasteiger partial charge in [0.25, 0.3) is 0 Å². The molecule has 0 aromatic heterocycles. The highest BCUT2D eigenvalue weighted by molar-refractivity contribution is 7.98. The molecule has 0 saturated carbocycles. The second-order valence-electron chi connectivity index (χ2n) is 11.6. The number of hydrogen-bond acceptors (Lipinski definition) is 5. The standard InChI is InChI=1S/C34H34FN3OS/c1-20-8-6-7-9-30(20)40-19-23-15-26(22(3)14-21(23)2)31-27(18-36)33(37)38(25-12-10-24(35)11-13-25)28-16-34(4,5)17-29(39)32(28)31/h6-15,31H,16-17,19,37H2,1-5H3. The van der Waals surface area contributed by atoms with Crippen LogP contribution < -0.4 is 10.6 Å². The molecule has 0 radical (unpaired) electrons. The summed E-state index contributed by atoms with van der Waals surface area (Å²) in [6.07, 6.45) is 1.00. The minimum Gasteiger partial charge on any atom is -0.384 e. The molecule has 204 valence electrons. The number of nitrogens with zero attached hydrogens (tertiary/aromatic N) is 2. The Kier molecular flexibility index (Phi) is 7.37. The van der Waals surface area contributed by atoms with Gasteiger partial charge >= 0.3 is 0 Å². The van der Waals surface area contributed by atoms with Gasteiger partial charge in [0.15, 0.2) is 5.78 Å². The van der Waals surface area contributed by atoms with Crippen molar-refractivity contribution in [1.82, 2.24) is 0 Å². The summed E-state index contributed by atoms with van der Waals surface area (Å²) in [5.41, 5.74) is 14.4. The van der Waals surface area contributed by atoms with Gasteiger partial charge in [0.1, 0.15) is 11.6 Å². The van der Waals surface area contributed by atoms with Gasteiger partial charge in [-0.1, -0.05) is 44.2 Å². The highest BCUT2D eigenvalue weighted by Crippen LogP contribution is 2.51. The second kappa shape index (κ2) is 10.6. The fraction of sp³-hybridized carbons (Fsp3) is 0.294. The lowest BCUT2D eigenvalue weighted by molar-refractivity contribution is -0.118. The fourth-order valence-corrected chi connectivity index (χ4v) is 7.05. The largest absolute Gasteiger partial charge is 0.384 e. The van der Waals surface area contributed by atoms with Crippen LogP contribution in [0.2, 0.25) is 0 Å². The van der Waals surface area contributed by atoms with Crippen LogP contribution in [-0.2, 0) is 10.5 Å². The molecule has 3 aromatic rings. The molecule has 4 nitrogen and oxygen atoms in total. The Morgan fingerprint density at radius 2 is 1.73 bits per heavy atom. The van der Waals surface area contributed by atoms with Crippen molar-refractivity contribution < 1.29 is 9.18 Å². The maximum absolute atomic E-state index is 13.9. The van der Waals surface area contributed by atoms with Crippen molar-refractivity contribution in [3.8, 4) is 6.07 Å². The van der Waals surface area contributed by atoms with Gasteiger partial charge in [-0.15, -0.1) is 11.8 Å². The average molecular weight is 552 g/mol. The Morgan fingerprint density at radius 1 is 1.02 bits per heavy atom. The number of nitriles is 1. The Bertz CT molecular complexity index is 1610. The number of hydrogen-bond donors (Lipinski definition) is 1. The van der Waals surface area contributed by atoms with Crippen LogP contribution in [0.5, 0.6) is 0 Å². The summed E-state index contributed by atoms with van der Waals surface area (Å²) in [7, 11) is 0.